The van der Waals surface area contributed by atoms with Gasteiger partial charge in [0.05, 0.1) is 0 Å². The summed E-state index contributed by atoms with van der Waals surface area (Å²) in [5.74, 6) is 0. The highest BCUT2D eigenvalue weighted by atomic mass is 32.2. The van der Waals surface area contributed by atoms with Gasteiger partial charge in [-0.1, -0.05) is 12.8 Å². The van der Waals surface area contributed by atoms with Crippen LogP contribution < -0.4 is 15.2 Å². The van der Waals surface area contributed by atoms with Gasteiger partial charge in [-0.2, -0.15) is 8.42 Å². The van der Waals surface area contributed by atoms with Crippen molar-refractivity contribution in [2.75, 3.05) is 20.1 Å². The maximum absolute atomic E-state index is 10.8. The van der Waals surface area contributed by atoms with E-state index in [1.54, 1.807) is 0 Å². The summed E-state index contributed by atoms with van der Waals surface area (Å²) in [6.45, 7) is 1.20. The van der Waals surface area contributed by atoms with Gasteiger partial charge in [-0.25, -0.2) is 9.44 Å². The molecular weight excluding hydrogens is 190 g/mol. The van der Waals surface area contributed by atoms with Gasteiger partial charge in [-0.3, -0.25) is 0 Å². The zero-order valence-electron chi connectivity index (χ0n) is 8.04. The van der Waals surface area contributed by atoms with Gasteiger partial charge in [0.25, 0.3) is 10.2 Å². The average Bonchev–Trinajstić information content (AvgIpc) is 2.11. The van der Waals surface area contributed by atoms with Crippen LogP contribution in [0.2, 0.25) is 0 Å². The summed E-state index contributed by atoms with van der Waals surface area (Å²) in [5.41, 5.74) is 5.31. The summed E-state index contributed by atoms with van der Waals surface area (Å²) in [4.78, 5) is 0. The molecule has 80 valence electrons. The zero-order valence-corrected chi connectivity index (χ0v) is 8.86. The molecule has 0 bridgehead atoms. The molecule has 0 aromatic heterocycles. The first-order chi connectivity index (χ1) is 6.12. The second-order valence-corrected chi connectivity index (χ2v) is 4.51. The van der Waals surface area contributed by atoms with Crippen molar-refractivity contribution in [2.24, 2.45) is 5.73 Å². The minimum atomic E-state index is -3.24. The van der Waals surface area contributed by atoms with Crippen molar-refractivity contribution < 1.29 is 8.42 Å². The number of nitrogens with two attached hydrogens (primary N) is 1. The molecule has 0 unspecified atom stereocenters. The first-order valence-electron chi connectivity index (χ1n) is 4.50. The van der Waals surface area contributed by atoms with E-state index >= 15 is 0 Å². The second kappa shape index (κ2) is 7.25. The third kappa shape index (κ3) is 8.17. The lowest BCUT2D eigenvalue weighted by Gasteiger charge is -2.04. The summed E-state index contributed by atoms with van der Waals surface area (Å²) >= 11 is 0. The zero-order chi connectivity index (χ0) is 10.2. The van der Waals surface area contributed by atoms with Crippen molar-refractivity contribution in [1.82, 2.24) is 9.44 Å². The fourth-order valence-corrected chi connectivity index (χ4v) is 1.46. The van der Waals surface area contributed by atoms with Crippen LogP contribution in [0.4, 0.5) is 0 Å². The van der Waals surface area contributed by atoms with Gasteiger partial charge < -0.3 is 5.73 Å². The monoisotopic (exact) mass is 209 g/mol. The van der Waals surface area contributed by atoms with Crippen molar-refractivity contribution in [3.8, 4) is 0 Å². The maximum Gasteiger partial charge on any atom is 0.276 e. The van der Waals surface area contributed by atoms with E-state index in [1.807, 2.05) is 0 Å². The molecular formula is C7H19N3O2S. The van der Waals surface area contributed by atoms with Gasteiger partial charge in [0.1, 0.15) is 0 Å². The largest absolute Gasteiger partial charge is 0.330 e. The van der Waals surface area contributed by atoms with Crippen LogP contribution in [0.15, 0.2) is 0 Å². The molecule has 0 radical (unpaired) electrons. The van der Waals surface area contributed by atoms with Gasteiger partial charge in [0.15, 0.2) is 0 Å². The highest BCUT2D eigenvalue weighted by Gasteiger charge is 2.02. The van der Waals surface area contributed by atoms with E-state index in [9.17, 15) is 8.42 Å². The van der Waals surface area contributed by atoms with Crippen LogP contribution in [0.25, 0.3) is 0 Å². The quantitative estimate of drug-likeness (QED) is 0.474. The first kappa shape index (κ1) is 12.8. The molecule has 0 saturated heterocycles. The molecule has 0 aliphatic carbocycles. The Balaban J connectivity index is 3.26. The van der Waals surface area contributed by atoms with Crippen molar-refractivity contribution in [3.05, 3.63) is 0 Å². The summed E-state index contributed by atoms with van der Waals surface area (Å²) in [6, 6.07) is 0. The van der Waals surface area contributed by atoms with Crippen molar-refractivity contribution in [2.45, 2.75) is 25.7 Å². The first-order valence-corrected chi connectivity index (χ1v) is 5.99. The van der Waals surface area contributed by atoms with E-state index in [0.717, 1.165) is 25.7 Å². The summed E-state index contributed by atoms with van der Waals surface area (Å²) in [5, 5.41) is 0. The molecule has 0 heterocycles. The highest BCUT2D eigenvalue weighted by Crippen LogP contribution is 1.97. The Morgan fingerprint density at radius 2 is 1.77 bits per heavy atom. The summed E-state index contributed by atoms with van der Waals surface area (Å²) in [6.07, 6.45) is 3.96. The van der Waals surface area contributed by atoms with Gasteiger partial charge in [0.2, 0.25) is 0 Å². The molecule has 0 amide bonds. The molecule has 0 aromatic rings. The van der Waals surface area contributed by atoms with Crippen LogP contribution in [0.1, 0.15) is 25.7 Å². The van der Waals surface area contributed by atoms with Gasteiger partial charge in [-0.15, -0.1) is 0 Å². The molecule has 0 spiro atoms. The Kier molecular flexibility index (Phi) is 7.16. The van der Waals surface area contributed by atoms with Crippen LogP contribution in [-0.4, -0.2) is 28.6 Å². The van der Waals surface area contributed by atoms with E-state index in [0.29, 0.717) is 13.1 Å². The minimum absolute atomic E-state index is 0.494. The summed E-state index contributed by atoms with van der Waals surface area (Å²) in [7, 11) is -1.85. The standard InChI is InChI=1S/C7H19N3O2S/c1-9-13(11,12)10-7-5-3-2-4-6-8/h9-10H,2-8H2,1H3. The van der Waals surface area contributed by atoms with Crippen molar-refractivity contribution in [3.63, 3.8) is 0 Å². The fourth-order valence-electron chi connectivity index (χ4n) is 0.902. The molecule has 13 heavy (non-hydrogen) atoms. The SMILES string of the molecule is CNS(=O)(=O)NCCCCCCN. The Morgan fingerprint density at radius 3 is 2.31 bits per heavy atom. The van der Waals surface area contributed by atoms with Crippen LogP contribution in [0, 0.1) is 0 Å². The number of hydrogen-bond acceptors (Lipinski definition) is 3. The molecule has 0 aliphatic heterocycles. The lowest BCUT2D eigenvalue weighted by molar-refractivity contribution is 0.564. The highest BCUT2D eigenvalue weighted by molar-refractivity contribution is 7.87. The normalized spacial score (nSPS) is 11.8. The molecule has 6 heteroatoms. The molecule has 0 saturated carbocycles. The molecule has 0 aromatic carbocycles. The number of unbranched alkanes of at least 4 members (excludes halogenated alkanes) is 3. The van der Waals surface area contributed by atoms with Gasteiger partial charge >= 0.3 is 0 Å². The van der Waals surface area contributed by atoms with E-state index < -0.39 is 10.2 Å². The Labute approximate surface area is 80.3 Å². The van der Waals surface area contributed by atoms with Crippen LogP contribution in [0.3, 0.4) is 0 Å². The van der Waals surface area contributed by atoms with Crippen molar-refractivity contribution >= 4 is 10.2 Å². The predicted molar refractivity (Wildman–Crippen MR) is 53.5 cm³/mol. The van der Waals surface area contributed by atoms with Crippen LogP contribution in [0.5, 0.6) is 0 Å². The van der Waals surface area contributed by atoms with Crippen LogP contribution >= 0.6 is 0 Å². The number of hydrogen-bond donors (Lipinski definition) is 3. The second-order valence-electron chi connectivity index (χ2n) is 2.80. The molecule has 0 atom stereocenters. The molecule has 5 nitrogen and oxygen atoms in total. The molecule has 0 rings (SSSR count). The van der Waals surface area contributed by atoms with E-state index in [4.69, 9.17) is 5.73 Å². The Bertz CT molecular complexity index is 204. The number of rotatable bonds is 8. The Morgan fingerprint density at radius 1 is 1.15 bits per heavy atom. The molecule has 0 aliphatic rings. The maximum atomic E-state index is 10.8. The van der Waals surface area contributed by atoms with Gasteiger partial charge in [0, 0.05) is 13.6 Å². The lowest BCUT2D eigenvalue weighted by Crippen LogP contribution is -2.34. The topological polar surface area (TPSA) is 84.2 Å². The van der Waals surface area contributed by atoms with Crippen molar-refractivity contribution in [1.29, 1.82) is 0 Å². The third-order valence-corrected chi connectivity index (χ3v) is 2.81. The summed E-state index contributed by atoms with van der Waals surface area (Å²) < 4.78 is 26.3. The molecule has 4 N–H and O–H groups in total. The van der Waals surface area contributed by atoms with Crippen LogP contribution in [-0.2, 0) is 10.2 Å². The molecule has 0 fully saturated rings. The minimum Gasteiger partial charge on any atom is -0.330 e. The average molecular weight is 209 g/mol. The lowest BCUT2D eigenvalue weighted by atomic mass is 10.2. The van der Waals surface area contributed by atoms with E-state index in [1.165, 1.54) is 7.05 Å². The Hall–Kier alpha value is -0.170. The third-order valence-electron chi connectivity index (χ3n) is 1.69. The van der Waals surface area contributed by atoms with E-state index in [2.05, 4.69) is 9.44 Å². The predicted octanol–water partition coefficient (Wildman–Crippen LogP) is -0.441. The van der Waals surface area contributed by atoms with E-state index in [-0.39, 0.29) is 0 Å². The smallest absolute Gasteiger partial charge is 0.276 e. The van der Waals surface area contributed by atoms with Gasteiger partial charge in [-0.05, 0) is 19.4 Å². The fraction of sp³-hybridized carbons (Fsp3) is 1.00. The number of nitrogens with one attached hydrogen (secondary N) is 2.